The summed E-state index contributed by atoms with van der Waals surface area (Å²) in [7, 11) is 0. The summed E-state index contributed by atoms with van der Waals surface area (Å²) < 4.78 is 13.4. The van der Waals surface area contributed by atoms with Gasteiger partial charge in [0.25, 0.3) is 0 Å². The zero-order chi connectivity index (χ0) is 10.1. The highest BCUT2D eigenvalue weighted by Crippen LogP contribution is 2.23. The minimum Gasteiger partial charge on any atom is -0.356 e. The first kappa shape index (κ1) is 9.21. The normalized spacial score (nSPS) is 11.1. The summed E-state index contributed by atoms with van der Waals surface area (Å²) >= 11 is 0. The fourth-order valence-corrected chi connectivity index (χ4v) is 1.77. The Bertz CT molecular complexity index is 460. The molecule has 0 fully saturated rings. The number of hydrogen-bond acceptors (Lipinski definition) is 1. The molecule has 3 N–H and O–H groups in total. The van der Waals surface area contributed by atoms with E-state index in [1.54, 1.807) is 6.07 Å². The van der Waals surface area contributed by atoms with Gasteiger partial charge in [0.05, 0.1) is 5.52 Å². The largest absolute Gasteiger partial charge is 0.356 e. The van der Waals surface area contributed by atoms with Crippen LogP contribution in [0.2, 0.25) is 0 Å². The van der Waals surface area contributed by atoms with Crippen molar-refractivity contribution in [3.05, 3.63) is 35.3 Å². The van der Waals surface area contributed by atoms with Gasteiger partial charge < -0.3 is 10.7 Å². The van der Waals surface area contributed by atoms with E-state index in [1.165, 1.54) is 6.07 Å². The molecule has 0 spiro atoms. The minimum atomic E-state index is -0.200. The van der Waals surface area contributed by atoms with Crippen molar-refractivity contribution in [3.8, 4) is 0 Å². The molecule has 1 aromatic heterocycles. The lowest BCUT2D eigenvalue weighted by Crippen LogP contribution is -2.03. The highest BCUT2D eigenvalue weighted by atomic mass is 19.1. The Kier molecular flexibility index (Phi) is 2.25. The number of nitrogens with one attached hydrogen (secondary N) is 1. The van der Waals surface area contributed by atoms with Gasteiger partial charge in [-0.25, -0.2) is 4.39 Å². The van der Waals surface area contributed by atoms with Gasteiger partial charge in [0.2, 0.25) is 0 Å². The second-order valence-electron chi connectivity index (χ2n) is 3.43. The molecular weight excluding hydrogens is 179 g/mol. The summed E-state index contributed by atoms with van der Waals surface area (Å²) in [6.45, 7) is 2.57. The third kappa shape index (κ3) is 1.30. The van der Waals surface area contributed by atoms with Gasteiger partial charge >= 0.3 is 0 Å². The number of aryl methyl sites for hydroxylation is 1. The summed E-state index contributed by atoms with van der Waals surface area (Å²) in [5, 5.41) is 0.952. The van der Waals surface area contributed by atoms with Gasteiger partial charge in [0.1, 0.15) is 5.82 Å². The monoisotopic (exact) mass is 192 g/mol. The Morgan fingerprint density at radius 1 is 1.43 bits per heavy atom. The first-order valence-electron chi connectivity index (χ1n) is 4.69. The van der Waals surface area contributed by atoms with Crippen molar-refractivity contribution in [1.29, 1.82) is 0 Å². The fourth-order valence-electron chi connectivity index (χ4n) is 1.77. The number of nitrogens with two attached hydrogens (primary N) is 1. The van der Waals surface area contributed by atoms with Crippen LogP contribution in [0, 0.1) is 12.7 Å². The molecule has 0 saturated carbocycles. The molecule has 74 valence electrons. The molecule has 0 aliphatic heterocycles. The minimum absolute atomic E-state index is 0.200. The van der Waals surface area contributed by atoms with Crippen LogP contribution in [-0.4, -0.2) is 11.5 Å². The molecule has 0 radical (unpaired) electrons. The molecule has 0 bridgehead atoms. The van der Waals surface area contributed by atoms with Crippen molar-refractivity contribution >= 4 is 10.9 Å². The maximum Gasteiger partial charge on any atom is 0.147 e. The van der Waals surface area contributed by atoms with E-state index in [4.69, 9.17) is 5.73 Å². The van der Waals surface area contributed by atoms with Crippen LogP contribution in [0.1, 0.15) is 11.3 Å². The molecule has 2 nitrogen and oxygen atoms in total. The molecule has 1 heterocycles. The molecule has 0 aliphatic rings. The number of benzene rings is 1. The SMILES string of the molecule is Cc1c(CCN)[nH]c2c(F)cccc12. The van der Waals surface area contributed by atoms with Crippen LogP contribution in [0.15, 0.2) is 18.2 Å². The number of halogens is 1. The third-order valence-electron chi connectivity index (χ3n) is 2.54. The Morgan fingerprint density at radius 2 is 2.21 bits per heavy atom. The molecular formula is C11H13FN2. The van der Waals surface area contributed by atoms with Crippen LogP contribution in [0.4, 0.5) is 4.39 Å². The lowest BCUT2D eigenvalue weighted by atomic mass is 10.1. The quantitative estimate of drug-likeness (QED) is 0.751. The van der Waals surface area contributed by atoms with Gasteiger partial charge in [-0.3, -0.25) is 0 Å². The molecule has 2 aromatic rings. The number of aromatic amines is 1. The first-order valence-corrected chi connectivity index (χ1v) is 4.69. The Hall–Kier alpha value is -1.35. The number of aromatic nitrogens is 1. The standard InChI is InChI=1S/C11H13FN2/c1-7-8-3-2-4-9(12)11(8)14-10(7)5-6-13/h2-4,14H,5-6,13H2,1H3. The fraction of sp³-hybridized carbons (Fsp3) is 0.273. The Morgan fingerprint density at radius 3 is 2.86 bits per heavy atom. The number of hydrogen-bond donors (Lipinski definition) is 2. The average Bonchev–Trinajstić information content (AvgIpc) is 2.48. The van der Waals surface area contributed by atoms with Crippen LogP contribution in [-0.2, 0) is 6.42 Å². The smallest absolute Gasteiger partial charge is 0.147 e. The predicted molar refractivity (Wildman–Crippen MR) is 55.8 cm³/mol. The van der Waals surface area contributed by atoms with Gasteiger partial charge in [-0.15, -0.1) is 0 Å². The second-order valence-corrected chi connectivity index (χ2v) is 3.43. The van der Waals surface area contributed by atoms with Crippen LogP contribution in [0.25, 0.3) is 10.9 Å². The number of para-hydroxylation sites is 1. The number of fused-ring (bicyclic) bond motifs is 1. The maximum absolute atomic E-state index is 13.4. The number of H-pyrrole nitrogens is 1. The highest BCUT2D eigenvalue weighted by molar-refractivity contribution is 5.84. The van der Waals surface area contributed by atoms with Crippen LogP contribution < -0.4 is 5.73 Å². The Labute approximate surface area is 81.9 Å². The molecule has 0 aliphatic carbocycles. The molecule has 14 heavy (non-hydrogen) atoms. The van der Waals surface area contributed by atoms with Crippen LogP contribution >= 0.6 is 0 Å². The Balaban J connectivity index is 2.67. The molecule has 0 amide bonds. The summed E-state index contributed by atoms with van der Waals surface area (Å²) in [5.41, 5.74) is 8.20. The molecule has 0 atom stereocenters. The molecule has 0 unspecified atom stereocenters. The van der Waals surface area contributed by atoms with Gasteiger partial charge in [-0.1, -0.05) is 12.1 Å². The van der Waals surface area contributed by atoms with Gasteiger partial charge in [-0.05, 0) is 25.1 Å². The van der Waals surface area contributed by atoms with Gasteiger partial charge in [-0.2, -0.15) is 0 Å². The van der Waals surface area contributed by atoms with Crippen LogP contribution in [0.5, 0.6) is 0 Å². The van der Waals surface area contributed by atoms with Crippen molar-refractivity contribution < 1.29 is 4.39 Å². The molecule has 2 rings (SSSR count). The summed E-state index contributed by atoms with van der Waals surface area (Å²) in [5.74, 6) is -0.200. The first-order chi connectivity index (χ1) is 6.74. The van der Waals surface area contributed by atoms with Crippen LogP contribution in [0.3, 0.4) is 0 Å². The van der Waals surface area contributed by atoms with Crippen molar-refractivity contribution in [2.75, 3.05) is 6.54 Å². The molecule has 1 aromatic carbocycles. The van der Waals surface area contributed by atoms with E-state index in [0.29, 0.717) is 12.1 Å². The average molecular weight is 192 g/mol. The maximum atomic E-state index is 13.4. The topological polar surface area (TPSA) is 41.8 Å². The van der Waals surface area contributed by atoms with E-state index in [9.17, 15) is 4.39 Å². The highest BCUT2D eigenvalue weighted by Gasteiger charge is 2.09. The van der Waals surface area contributed by atoms with E-state index in [1.807, 2.05) is 13.0 Å². The summed E-state index contributed by atoms with van der Waals surface area (Å²) in [6.07, 6.45) is 0.764. The van der Waals surface area contributed by atoms with E-state index in [0.717, 1.165) is 23.1 Å². The summed E-state index contributed by atoms with van der Waals surface area (Å²) in [6, 6.07) is 5.11. The van der Waals surface area contributed by atoms with E-state index < -0.39 is 0 Å². The van der Waals surface area contributed by atoms with Crippen molar-refractivity contribution in [2.45, 2.75) is 13.3 Å². The zero-order valence-corrected chi connectivity index (χ0v) is 8.10. The molecule has 3 heteroatoms. The third-order valence-corrected chi connectivity index (χ3v) is 2.54. The summed E-state index contributed by atoms with van der Waals surface area (Å²) in [4.78, 5) is 3.08. The number of rotatable bonds is 2. The van der Waals surface area contributed by atoms with Gasteiger partial charge in [0, 0.05) is 17.5 Å². The van der Waals surface area contributed by atoms with E-state index >= 15 is 0 Å². The zero-order valence-electron chi connectivity index (χ0n) is 8.10. The second kappa shape index (κ2) is 3.42. The predicted octanol–water partition coefficient (Wildman–Crippen LogP) is 2.12. The lowest BCUT2D eigenvalue weighted by molar-refractivity contribution is 0.637. The van der Waals surface area contributed by atoms with E-state index in [2.05, 4.69) is 4.98 Å². The van der Waals surface area contributed by atoms with Crippen molar-refractivity contribution in [1.82, 2.24) is 4.98 Å². The lowest BCUT2D eigenvalue weighted by Gasteiger charge is -1.94. The van der Waals surface area contributed by atoms with Crippen molar-refractivity contribution in [3.63, 3.8) is 0 Å². The van der Waals surface area contributed by atoms with Crippen molar-refractivity contribution in [2.24, 2.45) is 5.73 Å². The molecule has 0 saturated heterocycles. The van der Waals surface area contributed by atoms with Gasteiger partial charge in [0.15, 0.2) is 0 Å². The van der Waals surface area contributed by atoms with E-state index in [-0.39, 0.29) is 5.82 Å².